The van der Waals surface area contributed by atoms with Crippen molar-refractivity contribution in [3.63, 3.8) is 0 Å². The number of carbonyl (C=O) groups excluding carboxylic acids is 2. The Hall–Kier alpha value is -2.58. The first kappa shape index (κ1) is 20.7. The Morgan fingerprint density at radius 1 is 1.22 bits per heavy atom. The van der Waals surface area contributed by atoms with Crippen molar-refractivity contribution in [3.8, 4) is 11.5 Å². The molecule has 2 amide bonds. The first-order chi connectivity index (χ1) is 13.0. The zero-order chi connectivity index (χ0) is 19.8. The molecular formula is C18H17BrClN3O4. The van der Waals surface area contributed by atoms with Crippen molar-refractivity contribution in [1.82, 2.24) is 10.7 Å². The number of nitrogens with one attached hydrogen (secondary N) is 2. The van der Waals surface area contributed by atoms with Gasteiger partial charge < -0.3 is 14.8 Å². The molecule has 9 heteroatoms. The number of carbonyl (C=O) groups is 2. The molecule has 0 aromatic heterocycles. The SMILES string of the molecule is COc1cccc(/C=N/NC(=O)CNC(=O)c2cc(Br)ccc2Cl)c1OC. The van der Waals surface area contributed by atoms with E-state index in [0.29, 0.717) is 26.6 Å². The minimum atomic E-state index is -0.493. The summed E-state index contributed by atoms with van der Waals surface area (Å²) in [6, 6.07) is 10.2. The van der Waals surface area contributed by atoms with Crippen LogP contribution in [0.5, 0.6) is 11.5 Å². The molecule has 2 N–H and O–H groups in total. The van der Waals surface area contributed by atoms with Gasteiger partial charge >= 0.3 is 0 Å². The lowest BCUT2D eigenvalue weighted by Crippen LogP contribution is -2.35. The van der Waals surface area contributed by atoms with Gasteiger partial charge in [0.2, 0.25) is 0 Å². The molecule has 27 heavy (non-hydrogen) atoms. The van der Waals surface area contributed by atoms with Crippen molar-refractivity contribution in [1.29, 1.82) is 0 Å². The summed E-state index contributed by atoms with van der Waals surface area (Å²) < 4.78 is 11.2. The predicted molar refractivity (Wildman–Crippen MR) is 107 cm³/mol. The van der Waals surface area contributed by atoms with Gasteiger partial charge in [-0.1, -0.05) is 33.6 Å². The normalized spacial score (nSPS) is 10.5. The Balaban J connectivity index is 1.92. The molecule has 2 aromatic carbocycles. The summed E-state index contributed by atoms with van der Waals surface area (Å²) in [5.74, 6) is 0.0871. The second-order valence-corrected chi connectivity index (χ2v) is 6.51. The van der Waals surface area contributed by atoms with Gasteiger partial charge in [0.15, 0.2) is 11.5 Å². The molecule has 0 aliphatic heterocycles. The van der Waals surface area contributed by atoms with Crippen molar-refractivity contribution in [2.45, 2.75) is 0 Å². The molecule has 2 rings (SSSR count). The zero-order valence-corrected chi connectivity index (χ0v) is 16.9. The van der Waals surface area contributed by atoms with Crippen LogP contribution in [0.4, 0.5) is 0 Å². The number of ether oxygens (including phenoxy) is 2. The smallest absolute Gasteiger partial charge is 0.259 e. The van der Waals surface area contributed by atoms with Gasteiger partial charge in [-0.2, -0.15) is 5.10 Å². The van der Waals surface area contributed by atoms with E-state index < -0.39 is 11.8 Å². The van der Waals surface area contributed by atoms with Crippen molar-refractivity contribution in [2.75, 3.05) is 20.8 Å². The second kappa shape index (κ2) is 9.94. The van der Waals surface area contributed by atoms with Gasteiger partial charge in [-0.3, -0.25) is 9.59 Å². The number of benzene rings is 2. The summed E-state index contributed by atoms with van der Waals surface area (Å²) in [4.78, 5) is 24.0. The van der Waals surface area contributed by atoms with E-state index in [1.165, 1.54) is 20.4 Å². The highest BCUT2D eigenvalue weighted by atomic mass is 79.9. The fourth-order valence-electron chi connectivity index (χ4n) is 2.15. The Bertz CT molecular complexity index is 874. The largest absolute Gasteiger partial charge is 0.493 e. The van der Waals surface area contributed by atoms with Crippen LogP contribution in [-0.4, -0.2) is 38.8 Å². The first-order valence-corrected chi connectivity index (χ1v) is 8.89. The number of rotatable bonds is 7. The predicted octanol–water partition coefficient (Wildman–Crippen LogP) is 3.00. The number of halogens is 2. The van der Waals surface area contributed by atoms with Gasteiger partial charge in [-0.25, -0.2) is 5.43 Å². The Kier molecular flexibility index (Phi) is 7.63. The molecular weight excluding hydrogens is 438 g/mol. The van der Waals surface area contributed by atoms with E-state index in [9.17, 15) is 9.59 Å². The Labute approximate surface area is 169 Å². The van der Waals surface area contributed by atoms with E-state index in [2.05, 4.69) is 31.8 Å². The lowest BCUT2D eigenvalue weighted by molar-refractivity contribution is -0.120. The number of hydrogen-bond acceptors (Lipinski definition) is 5. The first-order valence-electron chi connectivity index (χ1n) is 7.72. The van der Waals surface area contributed by atoms with Gasteiger partial charge in [0.1, 0.15) is 0 Å². The maximum atomic E-state index is 12.1. The highest BCUT2D eigenvalue weighted by Gasteiger charge is 2.12. The average molecular weight is 455 g/mol. The van der Waals surface area contributed by atoms with Crippen LogP contribution in [0.3, 0.4) is 0 Å². The van der Waals surface area contributed by atoms with E-state index in [1.807, 2.05) is 0 Å². The van der Waals surface area contributed by atoms with Crippen LogP contribution in [0.1, 0.15) is 15.9 Å². The Morgan fingerprint density at radius 3 is 2.70 bits per heavy atom. The molecule has 0 radical (unpaired) electrons. The van der Waals surface area contributed by atoms with Gasteiger partial charge in [0.25, 0.3) is 11.8 Å². The van der Waals surface area contributed by atoms with Crippen molar-refractivity contribution in [3.05, 3.63) is 57.0 Å². The number of hydrogen-bond donors (Lipinski definition) is 2. The van der Waals surface area contributed by atoms with Crippen LogP contribution in [0.15, 0.2) is 46.0 Å². The van der Waals surface area contributed by atoms with Gasteiger partial charge in [0, 0.05) is 10.0 Å². The topological polar surface area (TPSA) is 89.0 Å². The second-order valence-electron chi connectivity index (χ2n) is 5.18. The number of nitrogens with zero attached hydrogens (tertiary/aromatic N) is 1. The van der Waals surface area contributed by atoms with Crippen LogP contribution in [-0.2, 0) is 4.79 Å². The average Bonchev–Trinajstić information content (AvgIpc) is 2.67. The standard InChI is InChI=1S/C18H17BrClN3O4/c1-26-15-5-3-4-11(17(15)27-2)9-22-23-16(24)10-21-18(25)13-8-12(19)6-7-14(13)20/h3-9H,10H2,1-2H3,(H,21,25)(H,23,24)/b22-9+. The van der Waals surface area contributed by atoms with E-state index in [0.717, 1.165) is 0 Å². The van der Waals surface area contributed by atoms with E-state index in [4.69, 9.17) is 21.1 Å². The summed E-state index contributed by atoms with van der Waals surface area (Å²) in [5, 5.41) is 6.64. The van der Waals surface area contributed by atoms with Gasteiger partial charge in [0.05, 0.1) is 37.6 Å². The quantitative estimate of drug-likeness (QED) is 0.497. The van der Waals surface area contributed by atoms with Crippen LogP contribution >= 0.6 is 27.5 Å². The molecule has 0 saturated heterocycles. The number of hydrazone groups is 1. The minimum Gasteiger partial charge on any atom is -0.493 e. The molecule has 0 unspecified atom stereocenters. The highest BCUT2D eigenvalue weighted by molar-refractivity contribution is 9.10. The Morgan fingerprint density at radius 2 is 2.00 bits per heavy atom. The summed E-state index contributed by atoms with van der Waals surface area (Å²) in [6.45, 7) is -0.256. The molecule has 2 aromatic rings. The molecule has 142 valence electrons. The number of methoxy groups -OCH3 is 2. The number of para-hydroxylation sites is 1. The summed E-state index contributed by atoms with van der Waals surface area (Å²) >= 11 is 9.25. The van der Waals surface area contributed by atoms with E-state index in [-0.39, 0.29) is 12.1 Å². The summed E-state index contributed by atoms with van der Waals surface area (Å²) in [6.07, 6.45) is 1.42. The molecule has 7 nitrogen and oxygen atoms in total. The third-order valence-electron chi connectivity index (χ3n) is 3.41. The molecule has 0 atom stereocenters. The minimum absolute atomic E-state index is 0.256. The van der Waals surface area contributed by atoms with E-state index >= 15 is 0 Å². The van der Waals surface area contributed by atoms with Crippen LogP contribution < -0.4 is 20.2 Å². The lowest BCUT2D eigenvalue weighted by atomic mass is 10.2. The molecule has 0 aliphatic rings. The van der Waals surface area contributed by atoms with Crippen LogP contribution in [0.2, 0.25) is 5.02 Å². The summed E-state index contributed by atoms with van der Waals surface area (Å²) in [7, 11) is 3.04. The maximum absolute atomic E-state index is 12.1. The lowest BCUT2D eigenvalue weighted by Gasteiger charge is -2.09. The van der Waals surface area contributed by atoms with Crippen LogP contribution in [0.25, 0.3) is 0 Å². The van der Waals surface area contributed by atoms with E-state index in [1.54, 1.807) is 36.4 Å². The summed E-state index contributed by atoms with van der Waals surface area (Å²) in [5.41, 5.74) is 3.22. The number of amides is 2. The van der Waals surface area contributed by atoms with Gasteiger partial charge in [-0.15, -0.1) is 0 Å². The van der Waals surface area contributed by atoms with Crippen molar-refractivity contribution >= 4 is 45.6 Å². The molecule has 0 aliphatic carbocycles. The molecule has 0 bridgehead atoms. The van der Waals surface area contributed by atoms with Gasteiger partial charge in [-0.05, 0) is 30.3 Å². The van der Waals surface area contributed by atoms with Crippen molar-refractivity contribution < 1.29 is 19.1 Å². The fraction of sp³-hybridized carbons (Fsp3) is 0.167. The maximum Gasteiger partial charge on any atom is 0.259 e. The molecule has 0 fully saturated rings. The molecule has 0 saturated carbocycles. The zero-order valence-electron chi connectivity index (χ0n) is 14.6. The highest BCUT2D eigenvalue weighted by Crippen LogP contribution is 2.29. The fourth-order valence-corrected chi connectivity index (χ4v) is 2.72. The van der Waals surface area contributed by atoms with Crippen molar-refractivity contribution in [2.24, 2.45) is 5.10 Å². The third kappa shape index (κ3) is 5.70. The monoisotopic (exact) mass is 453 g/mol. The molecule has 0 spiro atoms. The third-order valence-corrected chi connectivity index (χ3v) is 4.23. The van der Waals surface area contributed by atoms with Crippen LogP contribution in [0, 0.1) is 0 Å². The molecule has 0 heterocycles.